The van der Waals surface area contributed by atoms with Gasteiger partial charge in [0.15, 0.2) is 5.78 Å². The second-order valence-corrected chi connectivity index (χ2v) is 4.41. The van der Waals surface area contributed by atoms with Crippen molar-refractivity contribution in [3.05, 3.63) is 34.9 Å². The molecule has 0 N–H and O–H groups in total. The molecule has 0 aliphatic rings. The summed E-state index contributed by atoms with van der Waals surface area (Å²) in [5.41, 5.74) is 1.20. The highest BCUT2D eigenvalue weighted by molar-refractivity contribution is 6.34. The van der Waals surface area contributed by atoms with Gasteiger partial charge in [-0.2, -0.15) is 0 Å². The fraction of sp³-hybridized carbons (Fsp3) is 0.333. The Hall–Kier alpha value is -1.06. The SMILES string of the molecule is COC(=O)c1ccc(CCl)cc1C(=O)C(C)Cl. The Kier molecular flexibility index (Phi) is 4.97. The van der Waals surface area contributed by atoms with Crippen LogP contribution in [-0.4, -0.2) is 24.2 Å². The normalized spacial score (nSPS) is 12.0. The van der Waals surface area contributed by atoms with Gasteiger partial charge in [-0.15, -0.1) is 23.2 Å². The molecule has 0 spiro atoms. The molecule has 1 aromatic carbocycles. The molecule has 0 aliphatic heterocycles. The maximum atomic E-state index is 11.9. The van der Waals surface area contributed by atoms with E-state index in [9.17, 15) is 9.59 Å². The second-order valence-electron chi connectivity index (χ2n) is 3.49. The van der Waals surface area contributed by atoms with Crippen LogP contribution in [0.2, 0.25) is 0 Å². The molecule has 0 aliphatic carbocycles. The molecular weight excluding hydrogens is 263 g/mol. The number of Topliss-reactive ketones (excluding diaryl/α,β-unsaturated/α-hetero) is 1. The van der Waals surface area contributed by atoms with Gasteiger partial charge in [-0.3, -0.25) is 4.79 Å². The van der Waals surface area contributed by atoms with E-state index in [0.29, 0.717) is 0 Å². The third-order valence-corrected chi connectivity index (χ3v) is 2.78. The smallest absolute Gasteiger partial charge is 0.338 e. The van der Waals surface area contributed by atoms with Crippen LogP contribution >= 0.6 is 23.2 Å². The van der Waals surface area contributed by atoms with Crippen molar-refractivity contribution in [2.75, 3.05) is 7.11 Å². The minimum atomic E-state index is -0.705. The zero-order chi connectivity index (χ0) is 13.0. The molecule has 3 nitrogen and oxygen atoms in total. The maximum Gasteiger partial charge on any atom is 0.338 e. The van der Waals surface area contributed by atoms with E-state index in [1.54, 1.807) is 19.1 Å². The minimum absolute atomic E-state index is 0.207. The first kappa shape index (κ1) is 14.0. The number of hydrogen-bond acceptors (Lipinski definition) is 3. The van der Waals surface area contributed by atoms with Crippen molar-refractivity contribution in [3.8, 4) is 0 Å². The fourth-order valence-electron chi connectivity index (χ4n) is 1.38. The van der Waals surface area contributed by atoms with Gasteiger partial charge in [-0.25, -0.2) is 4.79 Å². The molecule has 17 heavy (non-hydrogen) atoms. The van der Waals surface area contributed by atoms with Crippen LogP contribution in [0.3, 0.4) is 0 Å². The number of esters is 1. The quantitative estimate of drug-likeness (QED) is 0.482. The Balaban J connectivity index is 3.30. The average Bonchev–Trinajstić information content (AvgIpc) is 2.35. The predicted molar refractivity (Wildman–Crippen MR) is 67.0 cm³/mol. The van der Waals surface area contributed by atoms with E-state index in [2.05, 4.69) is 4.74 Å². The van der Waals surface area contributed by atoms with E-state index in [1.165, 1.54) is 13.2 Å². The van der Waals surface area contributed by atoms with E-state index in [4.69, 9.17) is 23.2 Å². The number of halogens is 2. The van der Waals surface area contributed by atoms with Crippen molar-refractivity contribution < 1.29 is 14.3 Å². The van der Waals surface area contributed by atoms with Gasteiger partial charge in [0, 0.05) is 11.4 Å². The summed E-state index contributed by atoms with van der Waals surface area (Å²) in [6.07, 6.45) is 0. The van der Waals surface area contributed by atoms with Crippen LogP contribution in [0.1, 0.15) is 33.2 Å². The monoisotopic (exact) mass is 274 g/mol. The Labute approximate surface area is 110 Å². The average molecular weight is 275 g/mol. The topological polar surface area (TPSA) is 43.4 Å². The van der Waals surface area contributed by atoms with E-state index in [1.807, 2.05) is 0 Å². The summed E-state index contributed by atoms with van der Waals surface area (Å²) in [7, 11) is 1.26. The first-order chi connectivity index (χ1) is 8.01. The maximum absolute atomic E-state index is 11.9. The van der Waals surface area contributed by atoms with Crippen molar-refractivity contribution in [2.45, 2.75) is 18.2 Å². The highest BCUT2D eigenvalue weighted by Gasteiger charge is 2.21. The predicted octanol–water partition coefficient (Wildman–Crippen LogP) is 3.02. The van der Waals surface area contributed by atoms with Crippen LogP contribution in [0.25, 0.3) is 0 Å². The molecule has 5 heteroatoms. The number of ether oxygens (including phenoxy) is 1. The molecule has 0 aromatic heterocycles. The molecule has 1 unspecified atom stereocenters. The minimum Gasteiger partial charge on any atom is -0.465 e. The number of ketones is 1. The van der Waals surface area contributed by atoms with Crippen LogP contribution in [0.5, 0.6) is 0 Å². The Bertz CT molecular complexity index is 441. The summed E-state index contributed by atoms with van der Waals surface area (Å²) in [4.78, 5) is 23.4. The lowest BCUT2D eigenvalue weighted by molar-refractivity contribution is 0.0597. The molecule has 0 fully saturated rings. The van der Waals surface area contributed by atoms with E-state index < -0.39 is 11.3 Å². The number of carbonyl (C=O) groups is 2. The number of rotatable bonds is 4. The van der Waals surface area contributed by atoms with E-state index in [0.717, 1.165) is 5.56 Å². The third-order valence-electron chi connectivity index (χ3n) is 2.27. The van der Waals surface area contributed by atoms with Gasteiger partial charge in [-0.05, 0) is 24.6 Å². The lowest BCUT2D eigenvalue weighted by Gasteiger charge is -2.09. The van der Waals surface area contributed by atoms with Crippen LogP contribution in [0, 0.1) is 0 Å². The van der Waals surface area contributed by atoms with Crippen molar-refractivity contribution in [1.29, 1.82) is 0 Å². The number of hydrogen-bond donors (Lipinski definition) is 0. The molecule has 1 rings (SSSR count). The van der Waals surface area contributed by atoms with Crippen LogP contribution in [0.15, 0.2) is 18.2 Å². The number of methoxy groups -OCH3 is 1. The first-order valence-electron chi connectivity index (χ1n) is 4.96. The third kappa shape index (κ3) is 3.20. The zero-order valence-electron chi connectivity index (χ0n) is 9.50. The Morgan fingerprint density at radius 1 is 1.35 bits per heavy atom. The lowest BCUT2D eigenvalue weighted by atomic mass is 9.99. The molecule has 0 heterocycles. The van der Waals surface area contributed by atoms with Gasteiger partial charge in [0.1, 0.15) is 0 Å². The van der Waals surface area contributed by atoms with Gasteiger partial charge in [-0.1, -0.05) is 6.07 Å². The van der Waals surface area contributed by atoms with Crippen molar-refractivity contribution >= 4 is 35.0 Å². The zero-order valence-corrected chi connectivity index (χ0v) is 11.0. The number of alkyl halides is 2. The lowest BCUT2D eigenvalue weighted by Crippen LogP contribution is -2.16. The van der Waals surface area contributed by atoms with Gasteiger partial charge >= 0.3 is 5.97 Å². The Morgan fingerprint density at radius 3 is 2.47 bits per heavy atom. The van der Waals surface area contributed by atoms with Crippen molar-refractivity contribution in [3.63, 3.8) is 0 Å². The molecular formula is C12H12Cl2O3. The summed E-state index contributed by atoms with van der Waals surface area (Å²) in [5, 5.41) is -0.705. The molecule has 1 atom stereocenters. The first-order valence-corrected chi connectivity index (χ1v) is 5.93. The molecule has 0 radical (unpaired) electrons. The summed E-state index contributed by atoms with van der Waals surface area (Å²) in [6, 6.07) is 4.77. The highest BCUT2D eigenvalue weighted by Crippen LogP contribution is 2.18. The van der Waals surface area contributed by atoms with Gasteiger partial charge < -0.3 is 4.74 Å². The largest absolute Gasteiger partial charge is 0.465 e. The molecule has 0 saturated heterocycles. The molecule has 1 aromatic rings. The van der Waals surface area contributed by atoms with Gasteiger partial charge in [0.05, 0.1) is 18.1 Å². The van der Waals surface area contributed by atoms with Gasteiger partial charge in [0.25, 0.3) is 0 Å². The summed E-state index contributed by atoms with van der Waals surface area (Å²) in [6.45, 7) is 1.55. The summed E-state index contributed by atoms with van der Waals surface area (Å²) < 4.78 is 4.61. The number of benzene rings is 1. The van der Waals surface area contributed by atoms with Crippen LogP contribution in [0.4, 0.5) is 0 Å². The standard InChI is InChI=1S/C12H12Cl2O3/c1-7(14)11(15)10-5-8(6-13)3-4-9(10)12(16)17-2/h3-5,7H,6H2,1-2H3. The summed E-state index contributed by atoms with van der Waals surface area (Å²) >= 11 is 11.4. The molecule has 92 valence electrons. The molecule has 0 amide bonds. The molecule has 0 saturated carbocycles. The van der Waals surface area contributed by atoms with Crippen LogP contribution < -0.4 is 0 Å². The van der Waals surface area contributed by atoms with E-state index in [-0.39, 0.29) is 22.8 Å². The van der Waals surface area contributed by atoms with Crippen molar-refractivity contribution in [1.82, 2.24) is 0 Å². The van der Waals surface area contributed by atoms with E-state index >= 15 is 0 Å². The fourth-order valence-corrected chi connectivity index (χ4v) is 1.66. The van der Waals surface area contributed by atoms with Crippen molar-refractivity contribution in [2.24, 2.45) is 0 Å². The highest BCUT2D eigenvalue weighted by atomic mass is 35.5. The Morgan fingerprint density at radius 2 is 2.00 bits per heavy atom. The molecule has 0 bridgehead atoms. The van der Waals surface area contributed by atoms with Gasteiger partial charge in [0.2, 0.25) is 0 Å². The van der Waals surface area contributed by atoms with Crippen LogP contribution in [-0.2, 0) is 10.6 Å². The second kappa shape index (κ2) is 6.03. The number of carbonyl (C=O) groups excluding carboxylic acids is 2. The summed E-state index contributed by atoms with van der Waals surface area (Å²) in [5.74, 6) is -0.621.